The third kappa shape index (κ3) is 1.67. The maximum Gasteiger partial charge on any atom is 0.0641 e. The molecular formula is C16H25NS2. The molecule has 2 saturated heterocycles. The van der Waals surface area contributed by atoms with E-state index in [2.05, 4.69) is 28.8 Å². The lowest BCUT2D eigenvalue weighted by atomic mass is 9.47. The summed E-state index contributed by atoms with van der Waals surface area (Å²) in [6.07, 6.45) is 10.7. The first-order chi connectivity index (χ1) is 9.28. The molecular weight excluding hydrogens is 270 g/mol. The fourth-order valence-electron chi connectivity index (χ4n) is 6.43. The van der Waals surface area contributed by atoms with Gasteiger partial charge in [0.25, 0.3) is 0 Å². The van der Waals surface area contributed by atoms with Crippen LogP contribution in [-0.4, -0.2) is 27.7 Å². The Morgan fingerprint density at radius 1 is 0.842 bits per heavy atom. The summed E-state index contributed by atoms with van der Waals surface area (Å²) in [6.45, 7) is 1.29. The summed E-state index contributed by atoms with van der Waals surface area (Å²) in [6, 6.07) is 0. The SMILES string of the molecule is C1CC2(CC3(N1)C1CC4CC(C1)CC3C4)SCCS2. The smallest absolute Gasteiger partial charge is 0.0641 e. The molecule has 4 saturated carbocycles. The van der Waals surface area contributed by atoms with Gasteiger partial charge in [0.05, 0.1) is 4.08 Å². The van der Waals surface area contributed by atoms with E-state index in [9.17, 15) is 0 Å². The van der Waals surface area contributed by atoms with Gasteiger partial charge in [-0.05, 0) is 75.2 Å². The Morgan fingerprint density at radius 3 is 2.11 bits per heavy atom. The van der Waals surface area contributed by atoms with Crippen LogP contribution in [0.5, 0.6) is 0 Å². The van der Waals surface area contributed by atoms with E-state index in [1.165, 1.54) is 30.9 Å². The highest BCUT2D eigenvalue weighted by Crippen LogP contribution is 2.64. The number of nitrogens with one attached hydrogen (secondary N) is 1. The molecule has 2 heterocycles. The van der Waals surface area contributed by atoms with Gasteiger partial charge >= 0.3 is 0 Å². The largest absolute Gasteiger partial charge is 0.311 e. The van der Waals surface area contributed by atoms with Gasteiger partial charge in [-0.15, -0.1) is 23.5 Å². The van der Waals surface area contributed by atoms with Gasteiger partial charge in [-0.1, -0.05) is 0 Å². The second kappa shape index (κ2) is 4.10. The van der Waals surface area contributed by atoms with E-state index >= 15 is 0 Å². The minimum atomic E-state index is 0.565. The number of thioether (sulfide) groups is 2. The zero-order valence-corrected chi connectivity index (χ0v) is 13.3. The van der Waals surface area contributed by atoms with Crippen molar-refractivity contribution >= 4 is 23.5 Å². The van der Waals surface area contributed by atoms with E-state index in [4.69, 9.17) is 0 Å². The highest BCUT2D eigenvalue weighted by atomic mass is 32.2. The first kappa shape index (κ1) is 12.2. The van der Waals surface area contributed by atoms with Crippen molar-refractivity contribution in [1.29, 1.82) is 0 Å². The molecule has 0 atom stereocenters. The van der Waals surface area contributed by atoms with Gasteiger partial charge in [0.2, 0.25) is 0 Å². The van der Waals surface area contributed by atoms with Crippen LogP contribution in [0, 0.1) is 23.7 Å². The van der Waals surface area contributed by atoms with Crippen molar-refractivity contribution in [2.75, 3.05) is 18.1 Å². The van der Waals surface area contributed by atoms with E-state index in [1.807, 2.05) is 0 Å². The lowest BCUT2D eigenvalue weighted by Crippen LogP contribution is -2.69. The molecule has 0 aromatic rings. The van der Waals surface area contributed by atoms with Gasteiger partial charge < -0.3 is 5.32 Å². The van der Waals surface area contributed by atoms with Crippen molar-refractivity contribution in [2.24, 2.45) is 23.7 Å². The molecule has 1 N–H and O–H groups in total. The van der Waals surface area contributed by atoms with Crippen molar-refractivity contribution in [3.05, 3.63) is 0 Å². The molecule has 3 heteroatoms. The lowest BCUT2D eigenvalue weighted by Gasteiger charge is -2.64. The van der Waals surface area contributed by atoms with E-state index in [0.29, 0.717) is 9.62 Å². The van der Waals surface area contributed by atoms with Gasteiger partial charge in [0.1, 0.15) is 0 Å². The first-order valence-corrected chi connectivity index (χ1v) is 10.3. The van der Waals surface area contributed by atoms with Gasteiger partial charge in [-0.25, -0.2) is 0 Å². The Bertz CT molecular complexity index is 360. The zero-order chi connectivity index (χ0) is 12.5. The Hall–Kier alpha value is 0.660. The van der Waals surface area contributed by atoms with Gasteiger partial charge in [-0.3, -0.25) is 0 Å². The van der Waals surface area contributed by atoms with Crippen LogP contribution in [-0.2, 0) is 0 Å². The Balaban J connectivity index is 1.50. The van der Waals surface area contributed by atoms with Crippen molar-refractivity contribution in [1.82, 2.24) is 5.32 Å². The molecule has 19 heavy (non-hydrogen) atoms. The molecule has 4 aliphatic carbocycles. The second-order valence-corrected chi connectivity index (χ2v) is 11.0. The van der Waals surface area contributed by atoms with Crippen molar-refractivity contribution in [3.8, 4) is 0 Å². The average molecular weight is 296 g/mol. The van der Waals surface area contributed by atoms with Crippen LogP contribution >= 0.6 is 23.5 Å². The fraction of sp³-hybridized carbons (Fsp3) is 1.00. The van der Waals surface area contributed by atoms with E-state index in [0.717, 1.165) is 23.7 Å². The van der Waals surface area contributed by atoms with E-state index in [1.54, 1.807) is 32.1 Å². The molecule has 0 aromatic heterocycles. The molecule has 4 bridgehead atoms. The average Bonchev–Trinajstić information content (AvgIpc) is 2.83. The molecule has 0 radical (unpaired) electrons. The molecule has 1 nitrogen and oxygen atoms in total. The van der Waals surface area contributed by atoms with E-state index < -0.39 is 0 Å². The van der Waals surface area contributed by atoms with Crippen LogP contribution < -0.4 is 5.32 Å². The Labute approximate surface area is 125 Å². The number of rotatable bonds is 0. The number of piperidine rings is 1. The van der Waals surface area contributed by atoms with Crippen LogP contribution in [0.25, 0.3) is 0 Å². The first-order valence-electron chi connectivity index (χ1n) is 8.31. The quantitative estimate of drug-likeness (QED) is 0.731. The predicted octanol–water partition coefficient (Wildman–Crippen LogP) is 3.74. The Morgan fingerprint density at radius 2 is 1.47 bits per heavy atom. The second-order valence-electron chi connectivity index (χ2n) is 7.81. The van der Waals surface area contributed by atoms with Crippen LogP contribution in [0.15, 0.2) is 0 Å². The maximum absolute atomic E-state index is 4.10. The molecule has 0 amide bonds. The van der Waals surface area contributed by atoms with Crippen molar-refractivity contribution in [2.45, 2.75) is 54.6 Å². The number of hydrogen-bond donors (Lipinski definition) is 1. The normalized spacial score (nSPS) is 54.3. The summed E-state index contributed by atoms with van der Waals surface area (Å²) in [5.41, 5.74) is 0.565. The molecule has 2 spiro atoms. The van der Waals surface area contributed by atoms with Gasteiger partial charge in [0.15, 0.2) is 0 Å². The van der Waals surface area contributed by atoms with Crippen LogP contribution in [0.1, 0.15) is 44.9 Å². The summed E-state index contributed by atoms with van der Waals surface area (Å²) in [5, 5.41) is 4.10. The van der Waals surface area contributed by atoms with Crippen molar-refractivity contribution < 1.29 is 0 Å². The summed E-state index contributed by atoms with van der Waals surface area (Å²) in [5.74, 6) is 7.08. The Kier molecular flexibility index (Phi) is 2.64. The number of hydrogen-bond acceptors (Lipinski definition) is 3. The standard InChI is InChI=1S/C16H25NS2/c1-2-17-16(10-15(1)18-3-4-19-15)13-6-11-5-12(8-13)9-14(16)7-11/h11-14,17H,1-10H2. The van der Waals surface area contributed by atoms with Gasteiger partial charge in [0, 0.05) is 17.0 Å². The predicted molar refractivity (Wildman–Crippen MR) is 84.7 cm³/mol. The zero-order valence-electron chi connectivity index (χ0n) is 11.7. The summed E-state index contributed by atoms with van der Waals surface area (Å²) in [7, 11) is 0. The van der Waals surface area contributed by atoms with Crippen LogP contribution in [0.2, 0.25) is 0 Å². The minimum absolute atomic E-state index is 0.565. The topological polar surface area (TPSA) is 12.0 Å². The summed E-state index contributed by atoms with van der Waals surface area (Å²) in [4.78, 5) is 0. The lowest BCUT2D eigenvalue weighted by molar-refractivity contribution is -0.0851. The fourth-order valence-corrected chi connectivity index (χ4v) is 9.85. The van der Waals surface area contributed by atoms with Crippen LogP contribution in [0.4, 0.5) is 0 Å². The van der Waals surface area contributed by atoms with Gasteiger partial charge in [-0.2, -0.15) is 0 Å². The minimum Gasteiger partial charge on any atom is -0.311 e. The maximum atomic E-state index is 4.10. The third-order valence-corrected chi connectivity index (χ3v) is 10.5. The molecule has 0 aromatic carbocycles. The molecule has 6 aliphatic rings. The molecule has 6 rings (SSSR count). The molecule has 6 fully saturated rings. The highest BCUT2D eigenvalue weighted by Gasteiger charge is 2.60. The van der Waals surface area contributed by atoms with Crippen LogP contribution in [0.3, 0.4) is 0 Å². The summed E-state index contributed by atoms with van der Waals surface area (Å²) >= 11 is 4.61. The third-order valence-electron chi connectivity index (χ3n) is 6.93. The summed E-state index contributed by atoms with van der Waals surface area (Å²) < 4.78 is 0.612. The van der Waals surface area contributed by atoms with Crippen molar-refractivity contribution in [3.63, 3.8) is 0 Å². The molecule has 106 valence electrons. The molecule has 2 aliphatic heterocycles. The monoisotopic (exact) mass is 295 g/mol. The molecule has 0 unspecified atom stereocenters. The highest BCUT2D eigenvalue weighted by molar-refractivity contribution is 8.21. The van der Waals surface area contributed by atoms with E-state index in [-0.39, 0.29) is 0 Å².